The number of aryl methyl sites for hydroxylation is 1. The molecule has 2 rings (SSSR count). The van der Waals surface area contributed by atoms with Crippen LogP contribution >= 0.6 is 12.2 Å². The molecule has 1 fully saturated rings. The first-order valence-electron chi connectivity index (χ1n) is 5.99. The molecule has 1 aromatic rings. The number of carbonyl (C=O) groups is 1. The van der Waals surface area contributed by atoms with Gasteiger partial charge in [0.05, 0.1) is 16.6 Å². The number of rotatable bonds is 4. The Balaban J connectivity index is 2.05. The maximum absolute atomic E-state index is 12.2. The summed E-state index contributed by atoms with van der Waals surface area (Å²) >= 11 is 5.01. The summed E-state index contributed by atoms with van der Waals surface area (Å²) in [7, 11) is 0. The molecule has 6 heteroatoms. The molecule has 18 heavy (non-hydrogen) atoms. The van der Waals surface area contributed by atoms with Gasteiger partial charge in [-0.15, -0.1) is 0 Å². The number of aromatic nitrogens is 1. The summed E-state index contributed by atoms with van der Waals surface area (Å²) in [6.45, 7) is 3.64. The van der Waals surface area contributed by atoms with Crippen LogP contribution in [0.25, 0.3) is 0 Å². The normalized spacial score (nSPS) is 18.8. The quantitative estimate of drug-likeness (QED) is 0.810. The number of nitrogens with one attached hydrogen (secondary N) is 1. The van der Waals surface area contributed by atoms with Gasteiger partial charge in [0.25, 0.3) is 0 Å². The zero-order valence-corrected chi connectivity index (χ0v) is 11.3. The second-order valence-electron chi connectivity index (χ2n) is 4.80. The van der Waals surface area contributed by atoms with Crippen LogP contribution < -0.4 is 11.1 Å². The fourth-order valence-electron chi connectivity index (χ4n) is 2.08. The number of nitrogens with two attached hydrogens (primary N) is 1. The van der Waals surface area contributed by atoms with Crippen molar-refractivity contribution in [1.82, 2.24) is 10.3 Å². The van der Waals surface area contributed by atoms with E-state index in [0.29, 0.717) is 5.89 Å². The zero-order valence-electron chi connectivity index (χ0n) is 10.5. The van der Waals surface area contributed by atoms with E-state index >= 15 is 0 Å². The molecule has 0 saturated heterocycles. The summed E-state index contributed by atoms with van der Waals surface area (Å²) < 4.78 is 5.38. The molecule has 0 aliphatic heterocycles. The molecule has 0 aromatic carbocycles. The second-order valence-corrected chi connectivity index (χ2v) is 5.24. The van der Waals surface area contributed by atoms with E-state index in [2.05, 4.69) is 10.3 Å². The minimum absolute atomic E-state index is 0.121. The monoisotopic (exact) mass is 267 g/mol. The molecule has 1 saturated carbocycles. The van der Waals surface area contributed by atoms with Gasteiger partial charge in [-0.3, -0.25) is 4.79 Å². The SMILES string of the molecule is Cc1cnc(C(C)NC(=O)C2(C(N)=S)CCC2)o1. The Morgan fingerprint density at radius 3 is 2.72 bits per heavy atom. The van der Waals surface area contributed by atoms with E-state index in [1.54, 1.807) is 6.20 Å². The van der Waals surface area contributed by atoms with Crippen LogP contribution in [-0.2, 0) is 4.79 Å². The Kier molecular flexibility index (Phi) is 3.38. The Hall–Kier alpha value is -1.43. The summed E-state index contributed by atoms with van der Waals surface area (Å²) in [4.78, 5) is 16.6. The maximum Gasteiger partial charge on any atom is 0.233 e. The lowest BCUT2D eigenvalue weighted by Crippen LogP contribution is -2.53. The topological polar surface area (TPSA) is 81.2 Å². The summed E-state index contributed by atoms with van der Waals surface area (Å²) in [6, 6.07) is -0.280. The van der Waals surface area contributed by atoms with Crippen LogP contribution in [0.15, 0.2) is 10.6 Å². The van der Waals surface area contributed by atoms with Gasteiger partial charge in [0.15, 0.2) is 0 Å². The Morgan fingerprint density at radius 1 is 1.67 bits per heavy atom. The van der Waals surface area contributed by atoms with Crippen LogP contribution in [0.1, 0.15) is 43.9 Å². The molecular formula is C12H17N3O2S. The van der Waals surface area contributed by atoms with Crippen LogP contribution in [-0.4, -0.2) is 15.9 Å². The van der Waals surface area contributed by atoms with Crippen molar-refractivity contribution >= 4 is 23.1 Å². The van der Waals surface area contributed by atoms with E-state index in [-0.39, 0.29) is 16.9 Å². The lowest BCUT2D eigenvalue weighted by Gasteiger charge is -2.39. The third-order valence-corrected chi connectivity index (χ3v) is 3.86. The smallest absolute Gasteiger partial charge is 0.233 e. The van der Waals surface area contributed by atoms with E-state index in [4.69, 9.17) is 22.4 Å². The van der Waals surface area contributed by atoms with E-state index in [0.717, 1.165) is 25.0 Å². The number of amides is 1. The highest BCUT2D eigenvalue weighted by atomic mass is 32.1. The lowest BCUT2D eigenvalue weighted by atomic mass is 9.68. The van der Waals surface area contributed by atoms with Crippen LogP contribution in [0.2, 0.25) is 0 Å². The summed E-state index contributed by atoms with van der Waals surface area (Å²) in [5.41, 5.74) is 5.02. The highest BCUT2D eigenvalue weighted by Gasteiger charge is 2.47. The average Bonchev–Trinajstić information content (AvgIpc) is 2.62. The summed E-state index contributed by atoms with van der Waals surface area (Å²) in [5.74, 6) is 1.10. The molecule has 98 valence electrons. The van der Waals surface area contributed by atoms with Crippen molar-refractivity contribution in [1.29, 1.82) is 0 Å². The second kappa shape index (κ2) is 4.68. The van der Waals surface area contributed by atoms with Crippen LogP contribution in [0, 0.1) is 12.3 Å². The van der Waals surface area contributed by atoms with Crippen molar-refractivity contribution in [2.45, 2.75) is 39.2 Å². The minimum Gasteiger partial charge on any atom is -0.444 e. The van der Waals surface area contributed by atoms with Gasteiger partial charge in [-0.05, 0) is 26.7 Å². The largest absolute Gasteiger partial charge is 0.444 e. The van der Waals surface area contributed by atoms with Crippen LogP contribution in [0.5, 0.6) is 0 Å². The number of carbonyl (C=O) groups excluding carboxylic acids is 1. The number of hydrogen-bond donors (Lipinski definition) is 2. The first-order chi connectivity index (χ1) is 8.45. The highest BCUT2D eigenvalue weighted by molar-refractivity contribution is 7.80. The van der Waals surface area contributed by atoms with Crippen molar-refractivity contribution in [3.63, 3.8) is 0 Å². The average molecular weight is 267 g/mol. The minimum atomic E-state index is -0.661. The van der Waals surface area contributed by atoms with Crippen LogP contribution in [0.3, 0.4) is 0 Å². The van der Waals surface area contributed by atoms with Gasteiger partial charge in [-0.25, -0.2) is 4.98 Å². The third kappa shape index (κ3) is 2.12. The molecule has 1 aliphatic carbocycles. The van der Waals surface area contributed by atoms with Crippen molar-refractivity contribution in [2.24, 2.45) is 11.1 Å². The molecule has 3 N–H and O–H groups in total. The molecule has 0 bridgehead atoms. The van der Waals surface area contributed by atoms with Gasteiger partial charge in [0.1, 0.15) is 11.8 Å². The van der Waals surface area contributed by atoms with Crippen molar-refractivity contribution in [3.8, 4) is 0 Å². The molecule has 0 spiro atoms. The summed E-state index contributed by atoms with van der Waals surface area (Å²) in [5, 5.41) is 2.87. The van der Waals surface area contributed by atoms with E-state index in [1.165, 1.54) is 0 Å². The predicted octanol–water partition coefficient (Wildman–Crippen LogP) is 1.62. The lowest BCUT2D eigenvalue weighted by molar-refractivity contribution is -0.131. The Labute approximate surface area is 111 Å². The molecule has 5 nitrogen and oxygen atoms in total. The number of thiocarbonyl (C=S) groups is 1. The molecule has 1 aliphatic rings. The maximum atomic E-state index is 12.2. The molecular weight excluding hydrogens is 250 g/mol. The fourth-order valence-corrected chi connectivity index (χ4v) is 2.38. The summed E-state index contributed by atoms with van der Waals surface area (Å²) in [6.07, 6.45) is 4.07. The predicted molar refractivity (Wildman–Crippen MR) is 70.9 cm³/mol. The Bertz CT molecular complexity index is 479. The molecule has 0 radical (unpaired) electrons. The van der Waals surface area contributed by atoms with Gasteiger partial charge < -0.3 is 15.5 Å². The van der Waals surface area contributed by atoms with Crippen molar-refractivity contribution in [2.75, 3.05) is 0 Å². The fraction of sp³-hybridized carbons (Fsp3) is 0.583. The molecule has 1 amide bonds. The zero-order chi connectivity index (χ0) is 13.3. The van der Waals surface area contributed by atoms with Gasteiger partial charge in [0, 0.05) is 0 Å². The van der Waals surface area contributed by atoms with Gasteiger partial charge >= 0.3 is 0 Å². The van der Waals surface area contributed by atoms with Gasteiger partial charge in [-0.2, -0.15) is 0 Å². The first kappa shape index (κ1) is 13.0. The third-order valence-electron chi connectivity index (χ3n) is 3.47. The number of oxazole rings is 1. The Morgan fingerprint density at radius 2 is 2.33 bits per heavy atom. The molecule has 1 unspecified atom stereocenters. The standard InChI is InChI=1S/C12H17N3O2S/c1-7-6-14-9(17-7)8(2)15-11(16)12(10(13)18)4-3-5-12/h6,8H,3-5H2,1-2H3,(H2,13,18)(H,15,16). The highest BCUT2D eigenvalue weighted by Crippen LogP contribution is 2.41. The van der Waals surface area contributed by atoms with Crippen molar-refractivity contribution in [3.05, 3.63) is 17.8 Å². The number of hydrogen-bond acceptors (Lipinski definition) is 4. The van der Waals surface area contributed by atoms with Crippen LogP contribution in [0.4, 0.5) is 0 Å². The molecule has 1 heterocycles. The van der Waals surface area contributed by atoms with Gasteiger partial charge in [0.2, 0.25) is 11.8 Å². The number of nitrogens with zero attached hydrogens (tertiary/aromatic N) is 1. The van der Waals surface area contributed by atoms with Crippen molar-refractivity contribution < 1.29 is 9.21 Å². The van der Waals surface area contributed by atoms with Gasteiger partial charge in [-0.1, -0.05) is 18.6 Å². The van der Waals surface area contributed by atoms with E-state index in [1.807, 2.05) is 13.8 Å². The van der Waals surface area contributed by atoms with E-state index in [9.17, 15) is 4.79 Å². The molecule has 1 aromatic heterocycles. The van der Waals surface area contributed by atoms with E-state index < -0.39 is 5.41 Å². The first-order valence-corrected chi connectivity index (χ1v) is 6.40. The molecule has 1 atom stereocenters.